The Balaban J connectivity index is 2.48. The molecule has 0 saturated carbocycles. The number of anilines is 1. The third-order valence-electron chi connectivity index (χ3n) is 2.55. The van der Waals surface area contributed by atoms with E-state index in [0.29, 0.717) is 4.47 Å². The molecule has 0 fully saturated rings. The summed E-state index contributed by atoms with van der Waals surface area (Å²) < 4.78 is 40.9. The minimum absolute atomic E-state index is 0.0519. The highest BCUT2D eigenvalue weighted by Gasteiger charge is 2.21. The molecule has 1 N–H and O–H groups in total. The van der Waals surface area contributed by atoms with E-state index in [4.69, 9.17) is 5.26 Å². The van der Waals surface area contributed by atoms with Gasteiger partial charge in [0.2, 0.25) is 0 Å². The number of sulfonamides is 1. The molecule has 0 spiro atoms. The Morgan fingerprint density at radius 3 is 2.70 bits per heavy atom. The van der Waals surface area contributed by atoms with E-state index in [-0.39, 0.29) is 21.0 Å². The van der Waals surface area contributed by atoms with Gasteiger partial charge in [-0.2, -0.15) is 5.26 Å². The zero-order valence-electron chi connectivity index (χ0n) is 10.1. The number of hydrogen-bond donors (Lipinski definition) is 1. The van der Waals surface area contributed by atoms with Gasteiger partial charge in [-0.05, 0) is 46.4 Å². The van der Waals surface area contributed by atoms with Gasteiger partial charge in [0.1, 0.15) is 5.82 Å². The van der Waals surface area contributed by atoms with Crippen LogP contribution < -0.4 is 4.72 Å². The molecule has 8 heteroatoms. The molecular weight excluding hydrogens is 367 g/mol. The Labute approximate surface area is 128 Å². The van der Waals surface area contributed by atoms with Crippen molar-refractivity contribution >= 4 is 43.0 Å². The van der Waals surface area contributed by atoms with Crippen LogP contribution >= 0.6 is 27.3 Å². The summed E-state index contributed by atoms with van der Waals surface area (Å²) in [6, 6.07) is 5.76. The SMILES string of the molecule is Cc1c(F)cc(C#N)cc1NS(=O)(=O)c1sccc1Br. The fourth-order valence-corrected chi connectivity index (χ4v) is 4.96. The van der Waals surface area contributed by atoms with Crippen molar-refractivity contribution in [3.63, 3.8) is 0 Å². The van der Waals surface area contributed by atoms with E-state index in [1.165, 1.54) is 13.0 Å². The molecule has 0 aliphatic carbocycles. The molecule has 0 unspecified atom stereocenters. The van der Waals surface area contributed by atoms with Crippen LogP contribution in [0.15, 0.2) is 32.3 Å². The Kier molecular flexibility index (Phi) is 4.13. The van der Waals surface area contributed by atoms with E-state index < -0.39 is 15.8 Å². The van der Waals surface area contributed by atoms with Crippen LogP contribution in [0.2, 0.25) is 0 Å². The molecule has 0 atom stereocenters. The monoisotopic (exact) mass is 374 g/mol. The molecule has 2 rings (SSSR count). The predicted molar refractivity (Wildman–Crippen MR) is 78.7 cm³/mol. The van der Waals surface area contributed by atoms with Gasteiger partial charge in [0, 0.05) is 10.0 Å². The highest BCUT2D eigenvalue weighted by molar-refractivity contribution is 9.10. The second-order valence-corrected chi connectivity index (χ2v) is 7.55. The van der Waals surface area contributed by atoms with Gasteiger partial charge in [0.25, 0.3) is 10.0 Å². The molecule has 104 valence electrons. The molecule has 0 radical (unpaired) electrons. The van der Waals surface area contributed by atoms with Gasteiger partial charge in [-0.25, -0.2) is 12.8 Å². The number of nitriles is 1. The van der Waals surface area contributed by atoms with Crippen molar-refractivity contribution in [1.82, 2.24) is 0 Å². The number of thiophene rings is 1. The van der Waals surface area contributed by atoms with E-state index in [2.05, 4.69) is 20.7 Å². The normalized spacial score (nSPS) is 11.1. The number of rotatable bonds is 3. The Morgan fingerprint density at radius 1 is 1.45 bits per heavy atom. The van der Waals surface area contributed by atoms with E-state index in [1.54, 1.807) is 17.5 Å². The fraction of sp³-hybridized carbons (Fsp3) is 0.0833. The average Bonchev–Trinajstić information content (AvgIpc) is 2.81. The number of nitrogens with zero attached hydrogens (tertiary/aromatic N) is 1. The van der Waals surface area contributed by atoms with Crippen molar-refractivity contribution in [2.75, 3.05) is 4.72 Å². The van der Waals surface area contributed by atoms with Crippen LogP contribution in [0.25, 0.3) is 0 Å². The van der Waals surface area contributed by atoms with Crippen LogP contribution in [0.3, 0.4) is 0 Å². The molecule has 0 saturated heterocycles. The van der Waals surface area contributed by atoms with Crippen molar-refractivity contribution < 1.29 is 12.8 Å². The van der Waals surface area contributed by atoms with Crippen molar-refractivity contribution in [3.8, 4) is 6.07 Å². The Hall–Kier alpha value is -1.43. The van der Waals surface area contributed by atoms with Crippen LogP contribution in [0.1, 0.15) is 11.1 Å². The summed E-state index contributed by atoms with van der Waals surface area (Å²) in [7, 11) is -3.82. The lowest BCUT2D eigenvalue weighted by Crippen LogP contribution is -2.13. The van der Waals surface area contributed by atoms with Gasteiger partial charge < -0.3 is 0 Å². The Morgan fingerprint density at radius 2 is 2.15 bits per heavy atom. The van der Waals surface area contributed by atoms with E-state index in [9.17, 15) is 12.8 Å². The number of benzene rings is 1. The molecular formula is C12H8BrFN2O2S2. The maximum atomic E-state index is 13.6. The maximum Gasteiger partial charge on any atom is 0.272 e. The summed E-state index contributed by atoms with van der Waals surface area (Å²) in [6.45, 7) is 1.44. The summed E-state index contributed by atoms with van der Waals surface area (Å²) in [6.07, 6.45) is 0. The molecule has 1 aromatic heterocycles. The van der Waals surface area contributed by atoms with Crippen LogP contribution in [0, 0.1) is 24.1 Å². The number of hydrogen-bond acceptors (Lipinski definition) is 4. The lowest BCUT2D eigenvalue weighted by Gasteiger charge is -2.10. The lowest BCUT2D eigenvalue weighted by atomic mass is 10.1. The summed E-state index contributed by atoms with van der Waals surface area (Å²) in [5, 5.41) is 10.4. The van der Waals surface area contributed by atoms with Gasteiger partial charge in [0.15, 0.2) is 4.21 Å². The quantitative estimate of drug-likeness (QED) is 0.891. The highest BCUT2D eigenvalue weighted by Crippen LogP contribution is 2.30. The molecule has 2 aromatic rings. The Bertz CT molecular complexity index is 809. The van der Waals surface area contributed by atoms with Gasteiger partial charge >= 0.3 is 0 Å². The predicted octanol–water partition coefficient (Wildman–Crippen LogP) is 3.63. The minimum atomic E-state index is -3.82. The fourth-order valence-electron chi connectivity index (χ4n) is 1.51. The van der Waals surface area contributed by atoms with Gasteiger partial charge in [-0.1, -0.05) is 0 Å². The molecule has 0 amide bonds. The van der Waals surface area contributed by atoms with Crippen molar-refractivity contribution in [3.05, 3.63) is 45.0 Å². The molecule has 20 heavy (non-hydrogen) atoms. The average molecular weight is 375 g/mol. The van der Waals surface area contributed by atoms with Crippen LogP contribution in [0.4, 0.5) is 10.1 Å². The summed E-state index contributed by atoms with van der Waals surface area (Å²) in [5.41, 5.74) is 0.248. The number of nitrogens with one attached hydrogen (secondary N) is 1. The second-order valence-electron chi connectivity index (χ2n) is 3.90. The smallest absolute Gasteiger partial charge is 0.272 e. The maximum absolute atomic E-state index is 13.6. The van der Waals surface area contributed by atoms with Crippen molar-refractivity contribution in [1.29, 1.82) is 5.26 Å². The standard InChI is InChI=1S/C12H8BrFN2O2S2/c1-7-10(14)4-8(6-15)5-11(7)16-20(17,18)12-9(13)2-3-19-12/h2-5,16H,1H3. The first-order valence-electron chi connectivity index (χ1n) is 5.31. The van der Waals surface area contributed by atoms with Gasteiger partial charge in [0.05, 0.1) is 17.3 Å². The largest absolute Gasteiger partial charge is 0.279 e. The molecule has 0 aliphatic rings. The lowest BCUT2D eigenvalue weighted by molar-refractivity contribution is 0.602. The van der Waals surface area contributed by atoms with Crippen LogP contribution in [-0.2, 0) is 10.0 Å². The minimum Gasteiger partial charge on any atom is -0.279 e. The van der Waals surface area contributed by atoms with Crippen molar-refractivity contribution in [2.45, 2.75) is 11.1 Å². The molecule has 1 aromatic carbocycles. The first-order chi connectivity index (χ1) is 9.35. The topological polar surface area (TPSA) is 70.0 Å². The summed E-state index contributed by atoms with van der Waals surface area (Å²) in [5.74, 6) is -0.632. The van der Waals surface area contributed by atoms with E-state index >= 15 is 0 Å². The van der Waals surface area contributed by atoms with Crippen molar-refractivity contribution in [2.24, 2.45) is 0 Å². The third kappa shape index (κ3) is 2.85. The summed E-state index contributed by atoms with van der Waals surface area (Å²) in [4.78, 5) is 0. The van der Waals surface area contributed by atoms with Crippen LogP contribution in [-0.4, -0.2) is 8.42 Å². The molecule has 1 heterocycles. The summed E-state index contributed by atoms with van der Waals surface area (Å²) >= 11 is 4.18. The van der Waals surface area contributed by atoms with Gasteiger partial charge in [-0.15, -0.1) is 11.3 Å². The van der Waals surface area contributed by atoms with E-state index in [0.717, 1.165) is 17.4 Å². The molecule has 4 nitrogen and oxygen atoms in total. The zero-order chi connectivity index (χ0) is 14.9. The molecule has 0 aliphatic heterocycles. The highest BCUT2D eigenvalue weighted by atomic mass is 79.9. The first kappa shape index (κ1) is 15.0. The second kappa shape index (κ2) is 5.52. The first-order valence-corrected chi connectivity index (χ1v) is 8.47. The van der Waals surface area contributed by atoms with Gasteiger partial charge in [-0.3, -0.25) is 4.72 Å². The third-order valence-corrected chi connectivity index (χ3v) is 6.58. The van der Waals surface area contributed by atoms with Crippen LogP contribution in [0.5, 0.6) is 0 Å². The molecule has 0 bridgehead atoms. The van der Waals surface area contributed by atoms with E-state index in [1.807, 2.05) is 0 Å². The zero-order valence-corrected chi connectivity index (χ0v) is 13.4. The number of halogens is 2.